The van der Waals surface area contributed by atoms with E-state index in [2.05, 4.69) is 45.9 Å². The van der Waals surface area contributed by atoms with Gasteiger partial charge in [0.25, 0.3) is 0 Å². The van der Waals surface area contributed by atoms with Crippen LogP contribution < -0.4 is 0 Å². The van der Waals surface area contributed by atoms with E-state index < -0.39 is 0 Å². The average molecular weight is 177 g/mol. The molecule has 1 nitrogen and oxygen atoms in total. The SMILES string of the molecule is CC(=C/C(C)C)/C=C(\C)CCC#N. The van der Waals surface area contributed by atoms with Crippen LogP contribution in [0.4, 0.5) is 0 Å². The average Bonchev–Trinajstić information content (AvgIpc) is 1.98. The second-order valence-electron chi connectivity index (χ2n) is 3.80. The summed E-state index contributed by atoms with van der Waals surface area (Å²) in [4.78, 5) is 0. The third kappa shape index (κ3) is 7.33. The summed E-state index contributed by atoms with van der Waals surface area (Å²) in [6.07, 6.45) is 5.91. The first kappa shape index (κ1) is 12.0. The minimum atomic E-state index is 0.597. The Hall–Kier alpha value is -1.03. The van der Waals surface area contributed by atoms with Gasteiger partial charge in [-0.1, -0.05) is 37.1 Å². The highest BCUT2D eigenvalue weighted by atomic mass is 14.2. The van der Waals surface area contributed by atoms with E-state index in [1.807, 2.05) is 0 Å². The van der Waals surface area contributed by atoms with Crippen LogP contribution in [-0.2, 0) is 0 Å². The Morgan fingerprint density at radius 3 is 2.46 bits per heavy atom. The van der Waals surface area contributed by atoms with Crippen LogP contribution in [-0.4, -0.2) is 0 Å². The van der Waals surface area contributed by atoms with Gasteiger partial charge in [-0.15, -0.1) is 0 Å². The summed E-state index contributed by atoms with van der Waals surface area (Å²) in [6.45, 7) is 8.52. The van der Waals surface area contributed by atoms with Crippen molar-refractivity contribution in [1.82, 2.24) is 0 Å². The van der Waals surface area contributed by atoms with Gasteiger partial charge in [0, 0.05) is 6.42 Å². The molecule has 0 amide bonds. The molecule has 0 aliphatic carbocycles. The van der Waals surface area contributed by atoms with Gasteiger partial charge >= 0.3 is 0 Å². The van der Waals surface area contributed by atoms with E-state index in [9.17, 15) is 0 Å². The molecule has 0 bridgehead atoms. The lowest BCUT2D eigenvalue weighted by atomic mass is 10.1. The van der Waals surface area contributed by atoms with Crippen LogP contribution in [0, 0.1) is 17.2 Å². The van der Waals surface area contributed by atoms with Crippen molar-refractivity contribution in [2.24, 2.45) is 5.92 Å². The number of hydrogen-bond acceptors (Lipinski definition) is 1. The van der Waals surface area contributed by atoms with E-state index in [1.165, 1.54) is 11.1 Å². The first-order chi connectivity index (χ1) is 6.06. The van der Waals surface area contributed by atoms with Crippen LogP contribution >= 0.6 is 0 Å². The van der Waals surface area contributed by atoms with Crippen molar-refractivity contribution in [2.75, 3.05) is 0 Å². The molecule has 0 fully saturated rings. The number of hydrogen-bond donors (Lipinski definition) is 0. The Labute approximate surface area is 81.8 Å². The van der Waals surface area contributed by atoms with Gasteiger partial charge in [0.15, 0.2) is 0 Å². The fraction of sp³-hybridized carbons (Fsp3) is 0.583. The lowest BCUT2D eigenvalue weighted by Crippen LogP contribution is -1.83. The van der Waals surface area contributed by atoms with Crippen LogP contribution in [0.2, 0.25) is 0 Å². The predicted molar refractivity (Wildman–Crippen MR) is 57.2 cm³/mol. The molecule has 0 aromatic carbocycles. The maximum atomic E-state index is 8.40. The number of nitriles is 1. The van der Waals surface area contributed by atoms with E-state index in [0.717, 1.165) is 6.42 Å². The molecular formula is C12H19N. The van der Waals surface area contributed by atoms with E-state index in [4.69, 9.17) is 5.26 Å². The molecule has 0 aromatic rings. The Balaban J connectivity index is 4.14. The molecule has 0 saturated heterocycles. The summed E-state index contributed by atoms with van der Waals surface area (Å²) in [5.41, 5.74) is 2.58. The van der Waals surface area contributed by atoms with Gasteiger partial charge < -0.3 is 0 Å². The summed E-state index contributed by atoms with van der Waals surface area (Å²) in [7, 11) is 0. The molecule has 0 rings (SSSR count). The molecule has 0 spiro atoms. The Bertz CT molecular complexity index is 238. The molecule has 0 aliphatic heterocycles. The van der Waals surface area contributed by atoms with E-state index in [1.54, 1.807) is 0 Å². The minimum Gasteiger partial charge on any atom is -0.198 e. The Morgan fingerprint density at radius 2 is 2.00 bits per heavy atom. The van der Waals surface area contributed by atoms with Crippen molar-refractivity contribution in [1.29, 1.82) is 5.26 Å². The second-order valence-corrected chi connectivity index (χ2v) is 3.80. The molecule has 0 heterocycles. The van der Waals surface area contributed by atoms with Gasteiger partial charge in [-0.2, -0.15) is 5.26 Å². The number of allylic oxidation sites excluding steroid dienone is 4. The maximum absolute atomic E-state index is 8.40. The van der Waals surface area contributed by atoms with Gasteiger partial charge in [-0.25, -0.2) is 0 Å². The molecule has 0 radical (unpaired) electrons. The zero-order valence-electron chi connectivity index (χ0n) is 9.09. The molecule has 72 valence electrons. The molecule has 0 unspecified atom stereocenters. The topological polar surface area (TPSA) is 23.8 Å². The van der Waals surface area contributed by atoms with E-state index in [0.29, 0.717) is 12.3 Å². The van der Waals surface area contributed by atoms with Gasteiger partial charge in [0.05, 0.1) is 6.07 Å². The van der Waals surface area contributed by atoms with Gasteiger partial charge in [-0.05, 0) is 26.2 Å². The fourth-order valence-corrected chi connectivity index (χ4v) is 1.29. The highest BCUT2D eigenvalue weighted by Gasteiger charge is 1.92. The third-order valence-corrected chi connectivity index (χ3v) is 1.70. The summed E-state index contributed by atoms with van der Waals surface area (Å²) in [5, 5.41) is 8.40. The lowest BCUT2D eigenvalue weighted by Gasteiger charge is -2.00. The highest BCUT2D eigenvalue weighted by molar-refractivity contribution is 5.21. The molecule has 13 heavy (non-hydrogen) atoms. The van der Waals surface area contributed by atoms with Crippen LogP contribution in [0.5, 0.6) is 0 Å². The summed E-state index contributed by atoms with van der Waals surface area (Å²) >= 11 is 0. The van der Waals surface area contributed by atoms with Crippen molar-refractivity contribution >= 4 is 0 Å². The van der Waals surface area contributed by atoms with Crippen LogP contribution in [0.25, 0.3) is 0 Å². The van der Waals surface area contributed by atoms with E-state index in [-0.39, 0.29) is 0 Å². The number of nitrogens with zero attached hydrogens (tertiary/aromatic N) is 1. The second kappa shape index (κ2) is 6.48. The standard InChI is InChI=1S/C12H19N/c1-10(2)8-12(4)9-11(3)6-5-7-13/h8-10H,5-6H2,1-4H3/b11-9+,12-8-. The van der Waals surface area contributed by atoms with E-state index >= 15 is 0 Å². The van der Waals surface area contributed by atoms with Crippen molar-refractivity contribution in [3.05, 3.63) is 23.3 Å². The Kier molecular flexibility index (Phi) is 5.97. The van der Waals surface area contributed by atoms with Crippen LogP contribution in [0.1, 0.15) is 40.5 Å². The largest absolute Gasteiger partial charge is 0.198 e. The smallest absolute Gasteiger partial charge is 0.0625 e. The Morgan fingerprint density at radius 1 is 1.38 bits per heavy atom. The predicted octanol–water partition coefficient (Wildman–Crippen LogP) is 3.84. The van der Waals surface area contributed by atoms with Gasteiger partial charge in [0.1, 0.15) is 0 Å². The molecule has 0 N–H and O–H groups in total. The van der Waals surface area contributed by atoms with Crippen molar-refractivity contribution in [2.45, 2.75) is 40.5 Å². The normalized spacial score (nSPS) is 13.2. The van der Waals surface area contributed by atoms with Crippen molar-refractivity contribution in [3.8, 4) is 6.07 Å². The van der Waals surface area contributed by atoms with Crippen molar-refractivity contribution < 1.29 is 0 Å². The summed E-state index contributed by atoms with van der Waals surface area (Å²) < 4.78 is 0. The first-order valence-electron chi connectivity index (χ1n) is 4.78. The molecule has 1 heteroatoms. The minimum absolute atomic E-state index is 0.597. The third-order valence-electron chi connectivity index (χ3n) is 1.70. The van der Waals surface area contributed by atoms with Crippen molar-refractivity contribution in [3.63, 3.8) is 0 Å². The summed E-state index contributed by atoms with van der Waals surface area (Å²) in [6, 6.07) is 2.15. The monoisotopic (exact) mass is 177 g/mol. The molecule has 0 saturated carbocycles. The fourth-order valence-electron chi connectivity index (χ4n) is 1.29. The van der Waals surface area contributed by atoms with Crippen LogP contribution in [0.3, 0.4) is 0 Å². The lowest BCUT2D eigenvalue weighted by molar-refractivity contribution is 0.824. The number of rotatable bonds is 4. The zero-order chi connectivity index (χ0) is 10.3. The first-order valence-corrected chi connectivity index (χ1v) is 4.78. The zero-order valence-corrected chi connectivity index (χ0v) is 9.09. The van der Waals surface area contributed by atoms with Gasteiger partial charge in [-0.3, -0.25) is 0 Å². The highest BCUT2D eigenvalue weighted by Crippen LogP contribution is 2.09. The molecule has 0 aromatic heterocycles. The van der Waals surface area contributed by atoms with Gasteiger partial charge in [0.2, 0.25) is 0 Å². The molecule has 0 atom stereocenters. The van der Waals surface area contributed by atoms with Crippen LogP contribution in [0.15, 0.2) is 23.3 Å². The molecule has 0 aliphatic rings. The summed E-state index contributed by atoms with van der Waals surface area (Å²) in [5.74, 6) is 0.597. The quantitative estimate of drug-likeness (QED) is 0.598. The maximum Gasteiger partial charge on any atom is 0.0625 e. The molecular weight excluding hydrogens is 158 g/mol.